The Balaban J connectivity index is 1.79. The summed E-state index contributed by atoms with van der Waals surface area (Å²) in [4.78, 5) is 12.3. The molecule has 0 spiro atoms. The van der Waals surface area contributed by atoms with E-state index in [4.69, 9.17) is 0 Å². The lowest BCUT2D eigenvalue weighted by molar-refractivity contribution is -0.124. The van der Waals surface area contributed by atoms with E-state index >= 15 is 0 Å². The highest BCUT2D eigenvalue weighted by atomic mass is 16.1. The minimum absolute atomic E-state index is 0.370. The van der Waals surface area contributed by atoms with Crippen molar-refractivity contribution in [1.29, 1.82) is 0 Å². The van der Waals surface area contributed by atoms with Crippen molar-refractivity contribution in [2.24, 2.45) is 23.7 Å². The van der Waals surface area contributed by atoms with E-state index in [1.54, 1.807) is 0 Å². The zero-order valence-electron chi connectivity index (χ0n) is 11.6. The molecule has 0 N–H and O–H groups in total. The molecule has 0 heterocycles. The van der Waals surface area contributed by atoms with Gasteiger partial charge in [-0.1, -0.05) is 33.1 Å². The van der Waals surface area contributed by atoms with E-state index in [1.165, 1.54) is 38.5 Å². The molecule has 0 aromatic carbocycles. The van der Waals surface area contributed by atoms with Gasteiger partial charge >= 0.3 is 0 Å². The van der Waals surface area contributed by atoms with Crippen molar-refractivity contribution in [3.8, 4) is 0 Å². The third-order valence-electron chi connectivity index (χ3n) is 5.20. The Hall–Kier alpha value is -0.330. The van der Waals surface area contributed by atoms with Crippen LogP contribution in [-0.2, 0) is 4.79 Å². The predicted molar refractivity (Wildman–Crippen MR) is 71.9 cm³/mol. The summed E-state index contributed by atoms with van der Waals surface area (Å²) in [6.45, 7) is 4.39. The Morgan fingerprint density at radius 1 is 1.24 bits per heavy atom. The quantitative estimate of drug-likeness (QED) is 0.631. The van der Waals surface area contributed by atoms with E-state index in [-0.39, 0.29) is 0 Å². The molecule has 17 heavy (non-hydrogen) atoms. The van der Waals surface area contributed by atoms with Gasteiger partial charge in [0, 0.05) is 12.3 Å². The summed E-state index contributed by atoms with van der Waals surface area (Å²) < 4.78 is 0. The van der Waals surface area contributed by atoms with Crippen LogP contribution in [0.5, 0.6) is 0 Å². The maximum atomic E-state index is 12.3. The summed E-state index contributed by atoms with van der Waals surface area (Å²) in [6, 6.07) is 0. The van der Waals surface area contributed by atoms with Gasteiger partial charge in [-0.15, -0.1) is 0 Å². The molecule has 4 unspecified atom stereocenters. The van der Waals surface area contributed by atoms with Gasteiger partial charge in [0.05, 0.1) is 0 Å². The van der Waals surface area contributed by atoms with Crippen LogP contribution in [0.25, 0.3) is 0 Å². The summed E-state index contributed by atoms with van der Waals surface area (Å²) in [6.07, 6.45) is 11.2. The van der Waals surface area contributed by atoms with Crippen molar-refractivity contribution in [3.63, 3.8) is 0 Å². The lowest BCUT2D eigenvalue weighted by Gasteiger charge is -2.23. The fourth-order valence-electron chi connectivity index (χ4n) is 4.09. The highest BCUT2D eigenvalue weighted by Crippen LogP contribution is 2.49. The number of unbranched alkanes of at least 4 members (excludes halogenated alkanes) is 1. The zero-order chi connectivity index (χ0) is 12.3. The van der Waals surface area contributed by atoms with Crippen LogP contribution in [0, 0.1) is 23.7 Å². The third-order valence-corrected chi connectivity index (χ3v) is 5.20. The molecule has 1 nitrogen and oxygen atoms in total. The number of Topliss-reactive ketones (excluding diaryl/α,β-unsaturated/α-hetero) is 1. The van der Waals surface area contributed by atoms with Crippen LogP contribution in [0.2, 0.25) is 0 Å². The molecule has 2 bridgehead atoms. The molecule has 0 aliphatic heterocycles. The van der Waals surface area contributed by atoms with Gasteiger partial charge in [-0.05, 0) is 49.9 Å². The van der Waals surface area contributed by atoms with Crippen LogP contribution < -0.4 is 0 Å². The zero-order valence-corrected chi connectivity index (χ0v) is 11.6. The highest BCUT2D eigenvalue weighted by Gasteiger charge is 2.40. The van der Waals surface area contributed by atoms with Gasteiger partial charge in [-0.3, -0.25) is 4.79 Å². The molecule has 1 heteroatoms. The first-order valence-corrected chi connectivity index (χ1v) is 7.77. The number of carbonyl (C=O) groups excluding carboxylic acids is 1. The van der Waals surface area contributed by atoms with Crippen LogP contribution in [-0.4, -0.2) is 5.78 Å². The van der Waals surface area contributed by atoms with E-state index in [1.807, 2.05) is 0 Å². The summed E-state index contributed by atoms with van der Waals surface area (Å²) in [5.74, 6) is 3.60. The molecular weight excluding hydrogens is 208 g/mol. The number of carbonyl (C=O) groups is 1. The predicted octanol–water partition coefficient (Wildman–Crippen LogP) is 4.60. The van der Waals surface area contributed by atoms with Gasteiger partial charge in [0.25, 0.3) is 0 Å². The summed E-state index contributed by atoms with van der Waals surface area (Å²) in [5, 5.41) is 0. The van der Waals surface area contributed by atoms with E-state index < -0.39 is 0 Å². The number of hydrogen-bond donors (Lipinski definition) is 0. The van der Waals surface area contributed by atoms with Crippen molar-refractivity contribution in [3.05, 3.63) is 0 Å². The van der Waals surface area contributed by atoms with Crippen LogP contribution >= 0.6 is 0 Å². The van der Waals surface area contributed by atoms with Gasteiger partial charge in [0.2, 0.25) is 0 Å². The van der Waals surface area contributed by atoms with Crippen LogP contribution in [0.3, 0.4) is 0 Å². The van der Waals surface area contributed by atoms with Gasteiger partial charge in [0.1, 0.15) is 5.78 Å². The Morgan fingerprint density at radius 3 is 2.59 bits per heavy atom. The molecule has 4 atom stereocenters. The second-order valence-corrected chi connectivity index (χ2v) is 6.35. The van der Waals surface area contributed by atoms with Gasteiger partial charge in [0.15, 0.2) is 0 Å². The summed E-state index contributed by atoms with van der Waals surface area (Å²) in [5.41, 5.74) is 0. The first-order valence-electron chi connectivity index (χ1n) is 7.77. The van der Waals surface area contributed by atoms with E-state index in [0.29, 0.717) is 11.7 Å². The molecule has 0 aromatic rings. The lowest BCUT2D eigenvalue weighted by Crippen LogP contribution is -2.21. The summed E-state index contributed by atoms with van der Waals surface area (Å²) in [7, 11) is 0. The molecule has 0 saturated heterocycles. The molecule has 2 aliphatic carbocycles. The number of fused-ring (bicyclic) bond motifs is 2. The van der Waals surface area contributed by atoms with Crippen molar-refractivity contribution < 1.29 is 4.79 Å². The van der Waals surface area contributed by atoms with Crippen LogP contribution in [0.4, 0.5) is 0 Å². The Labute approximate surface area is 106 Å². The molecule has 2 aliphatic rings. The first-order chi connectivity index (χ1) is 8.24. The van der Waals surface area contributed by atoms with Crippen LogP contribution in [0.15, 0.2) is 0 Å². The Bertz CT molecular complexity index is 258. The highest BCUT2D eigenvalue weighted by molar-refractivity contribution is 5.81. The molecular formula is C16H28O. The van der Waals surface area contributed by atoms with Crippen molar-refractivity contribution in [2.45, 2.75) is 71.6 Å². The van der Waals surface area contributed by atoms with Crippen molar-refractivity contribution >= 4 is 5.78 Å². The van der Waals surface area contributed by atoms with Gasteiger partial charge in [-0.25, -0.2) is 0 Å². The van der Waals surface area contributed by atoms with E-state index in [2.05, 4.69) is 13.8 Å². The smallest absolute Gasteiger partial charge is 0.136 e. The van der Waals surface area contributed by atoms with Gasteiger partial charge < -0.3 is 0 Å². The molecule has 2 fully saturated rings. The standard InChI is InChI=1S/C16H28O/c1-3-5-6-13(4-2)16(17)11-15-10-12-7-8-14(15)9-12/h12-15H,3-11H2,1-2H3. The maximum Gasteiger partial charge on any atom is 0.136 e. The largest absolute Gasteiger partial charge is 0.299 e. The average molecular weight is 236 g/mol. The van der Waals surface area contributed by atoms with Crippen molar-refractivity contribution in [2.75, 3.05) is 0 Å². The SMILES string of the molecule is CCCCC(CC)C(=O)CC1CC2CCC1C2. The number of rotatable bonds is 7. The summed E-state index contributed by atoms with van der Waals surface area (Å²) >= 11 is 0. The topological polar surface area (TPSA) is 17.1 Å². The fourth-order valence-corrected chi connectivity index (χ4v) is 4.09. The minimum atomic E-state index is 0.370. The fraction of sp³-hybridized carbons (Fsp3) is 0.938. The molecule has 98 valence electrons. The molecule has 2 saturated carbocycles. The second-order valence-electron chi connectivity index (χ2n) is 6.35. The molecule has 0 radical (unpaired) electrons. The monoisotopic (exact) mass is 236 g/mol. The number of hydrogen-bond acceptors (Lipinski definition) is 1. The third kappa shape index (κ3) is 3.11. The molecule has 0 aromatic heterocycles. The number of ketones is 1. The maximum absolute atomic E-state index is 12.3. The van der Waals surface area contributed by atoms with E-state index in [0.717, 1.165) is 37.0 Å². The molecule has 2 rings (SSSR count). The average Bonchev–Trinajstić information content (AvgIpc) is 2.92. The Kier molecular flexibility index (Phi) is 4.64. The van der Waals surface area contributed by atoms with E-state index in [9.17, 15) is 4.79 Å². The van der Waals surface area contributed by atoms with Crippen LogP contribution in [0.1, 0.15) is 71.6 Å². The van der Waals surface area contributed by atoms with Gasteiger partial charge in [-0.2, -0.15) is 0 Å². The Morgan fingerprint density at radius 2 is 2.06 bits per heavy atom. The first kappa shape index (κ1) is 13.1. The van der Waals surface area contributed by atoms with Crippen molar-refractivity contribution in [1.82, 2.24) is 0 Å². The normalized spacial score (nSPS) is 32.9. The minimum Gasteiger partial charge on any atom is -0.299 e. The lowest BCUT2D eigenvalue weighted by atomic mass is 9.81. The molecule has 0 amide bonds. The second kappa shape index (κ2) is 6.02.